The molecule has 0 spiro atoms. The minimum Gasteiger partial charge on any atom is -0.326 e. The molecule has 3 rings (SSSR count). The van der Waals surface area contributed by atoms with Gasteiger partial charge in [0.1, 0.15) is 0 Å². The van der Waals surface area contributed by atoms with Gasteiger partial charge in [-0.2, -0.15) is 4.31 Å². The summed E-state index contributed by atoms with van der Waals surface area (Å²) in [7, 11) is -3.17. The summed E-state index contributed by atoms with van der Waals surface area (Å²) in [6.45, 7) is 2.61. The molecule has 5 nitrogen and oxygen atoms in total. The number of carbonyl (C=O) groups excluding carboxylic acids is 1. The Kier molecular flexibility index (Phi) is 5.79. The highest BCUT2D eigenvalue weighted by molar-refractivity contribution is 7.89. The largest absolute Gasteiger partial charge is 0.326 e. The zero-order valence-electron chi connectivity index (χ0n) is 15.0. The SMILES string of the molecule is CCS(=O)(=O)N1CCc2ccc(NC(=O)CCC3CCCC3)cc2C1. The van der Waals surface area contributed by atoms with Crippen LogP contribution in [0.2, 0.25) is 0 Å². The number of nitrogens with zero attached hydrogens (tertiary/aromatic N) is 1. The topological polar surface area (TPSA) is 66.5 Å². The van der Waals surface area contributed by atoms with Crippen LogP contribution in [0.25, 0.3) is 0 Å². The first kappa shape index (κ1) is 18.4. The monoisotopic (exact) mass is 364 g/mol. The van der Waals surface area contributed by atoms with Gasteiger partial charge in [0.25, 0.3) is 0 Å². The van der Waals surface area contributed by atoms with Gasteiger partial charge in [-0.1, -0.05) is 31.7 Å². The van der Waals surface area contributed by atoms with Crippen molar-refractivity contribution in [1.82, 2.24) is 4.31 Å². The molecule has 1 N–H and O–H groups in total. The van der Waals surface area contributed by atoms with Crippen LogP contribution in [0.5, 0.6) is 0 Å². The van der Waals surface area contributed by atoms with E-state index in [0.29, 0.717) is 25.4 Å². The molecule has 1 aromatic carbocycles. The lowest BCUT2D eigenvalue weighted by Crippen LogP contribution is -2.36. The molecule has 1 heterocycles. The van der Waals surface area contributed by atoms with Crippen molar-refractivity contribution < 1.29 is 13.2 Å². The van der Waals surface area contributed by atoms with Crippen LogP contribution in [-0.2, 0) is 27.8 Å². The van der Waals surface area contributed by atoms with E-state index in [2.05, 4.69) is 5.32 Å². The Balaban J connectivity index is 1.60. The third-order valence-electron chi connectivity index (χ3n) is 5.48. The molecule has 0 atom stereocenters. The highest BCUT2D eigenvalue weighted by atomic mass is 32.2. The highest BCUT2D eigenvalue weighted by Crippen LogP contribution is 2.29. The van der Waals surface area contributed by atoms with E-state index in [1.54, 1.807) is 11.2 Å². The van der Waals surface area contributed by atoms with Crippen molar-refractivity contribution in [3.05, 3.63) is 29.3 Å². The van der Waals surface area contributed by atoms with Gasteiger partial charge in [0.05, 0.1) is 5.75 Å². The summed E-state index contributed by atoms with van der Waals surface area (Å²) in [6, 6.07) is 5.87. The molecule has 0 saturated heterocycles. The van der Waals surface area contributed by atoms with E-state index in [4.69, 9.17) is 0 Å². The Morgan fingerprint density at radius 3 is 2.72 bits per heavy atom. The molecule has 1 fully saturated rings. The van der Waals surface area contributed by atoms with E-state index >= 15 is 0 Å². The normalized spacial score (nSPS) is 18.9. The molecule has 138 valence electrons. The third-order valence-corrected chi connectivity index (χ3v) is 7.31. The minimum absolute atomic E-state index is 0.0562. The predicted octanol–water partition coefficient (Wildman–Crippen LogP) is 3.30. The number of benzene rings is 1. The smallest absolute Gasteiger partial charge is 0.224 e. The number of hydrogen-bond donors (Lipinski definition) is 1. The molecule has 0 bridgehead atoms. The molecule has 0 radical (unpaired) electrons. The lowest BCUT2D eigenvalue weighted by molar-refractivity contribution is -0.116. The van der Waals surface area contributed by atoms with Crippen LogP contribution in [0.3, 0.4) is 0 Å². The first-order valence-corrected chi connectivity index (χ1v) is 11.0. The molecule has 0 unspecified atom stereocenters. The fourth-order valence-electron chi connectivity index (χ4n) is 3.89. The summed E-state index contributed by atoms with van der Waals surface area (Å²) in [4.78, 5) is 12.2. The van der Waals surface area contributed by atoms with Gasteiger partial charge in [-0.25, -0.2) is 8.42 Å². The zero-order chi connectivity index (χ0) is 17.9. The average Bonchev–Trinajstić information content (AvgIpc) is 3.13. The Bertz CT molecular complexity index is 724. The van der Waals surface area contributed by atoms with Crippen molar-refractivity contribution in [3.63, 3.8) is 0 Å². The number of hydrogen-bond acceptors (Lipinski definition) is 3. The number of sulfonamides is 1. The fourth-order valence-corrected chi connectivity index (χ4v) is 4.96. The molecule has 1 saturated carbocycles. The molecule has 1 aliphatic heterocycles. The highest BCUT2D eigenvalue weighted by Gasteiger charge is 2.25. The second-order valence-corrected chi connectivity index (χ2v) is 9.46. The molecule has 25 heavy (non-hydrogen) atoms. The van der Waals surface area contributed by atoms with E-state index in [1.807, 2.05) is 18.2 Å². The summed E-state index contributed by atoms with van der Waals surface area (Å²) in [5, 5.41) is 2.98. The predicted molar refractivity (Wildman–Crippen MR) is 99.8 cm³/mol. The zero-order valence-corrected chi connectivity index (χ0v) is 15.8. The van der Waals surface area contributed by atoms with Crippen molar-refractivity contribution in [3.8, 4) is 0 Å². The first-order valence-electron chi connectivity index (χ1n) is 9.37. The maximum Gasteiger partial charge on any atom is 0.224 e. The van der Waals surface area contributed by atoms with Gasteiger partial charge in [-0.3, -0.25) is 4.79 Å². The van der Waals surface area contributed by atoms with E-state index in [0.717, 1.165) is 24.1 Å². The summed E-state index contributed by atoms with van der Waals surface area (Å²) in [5.41, 5.74) is 2.94. The third kappa shape index (κ3) is 4.61. The van der Waals surface area contributed by atoms with Crippen LogP contribution in [0.4, 0.5) is 5.69 Å². The van der Waals surface area contributed by atoms with Gasteiger partial charge < -0.3 is 5.32 Å². The van der Waals surface area contributed by atoms with Crippen LogP contribution in [-0.4, -0.2) is 30.9 Å². The van der Waals surface area contributed by atoms with Crippen LogP contribution in [0.15, 0.2) is 18.2 Å². The van der Waals surface area contributed by atoms with Gasteiger partial charge in [0.2, 0.25) is 15.9 Å². The van der Waals surface area contributed by atoms with Crippen LogP contribution in [0.1, 0.15) is 56.6 Å². The molecule has 1 aromatic rings. The van der Waals surface area contributed by atoms with E-state index in [-0.39, 0.29) is 11.7 Å². The van der Waals surface area contributed by atoms with E-state index in [9.17, 15) is 13.2 Å². The quantitative estimate of drug-likeness (QED) is 0.842. The lowest BCUT2D eigenvalue weighted by atomic mass is 10.00. The van der Waals surface area contributed by atoms with Crippen molar-refractivity contribution in [2.24, 2.45) is 5.92 Å². The number of anilines is 1. The summed E-state index contributed by atoms with van der Waals surface area (Å²) in [5.74, 6) is 0.891. The van der Waals surface area contributed by atoms with Crippen molar-refractivity contribution >= 4 is 21.6 Å². The summed E-state index contributed by atoms with van der Waals surface area (Å²) < 4.78 is 25.7. The standard InChI is InChI=1S/C19H28N2O3S/c1-2-25(23,24)21-12-11-16-8-9-18(13-17(16)14-21)20-19(22)10-7-15-5-3-4-6-15/h8-9,13,15H,2-7,10-12,14H2,1H3,(H,20,22). The molecule has 6 heteroatoms. The van der Waals surface area contributed by atoms with Gasteiger partial charge >= 0.3 is 0 Å². The van der Waals surface area contributed by atoms with E-state index < -0.39 is 10.0 Å². The summed E-state index contributed by atoms with van der Waals surface area (Å²) in [6.07, 6.45) is 7.38. The average molecular weight is 365 g/mol. The first-order chi connectivity index (χ1) is 12.0. The Morgan fingerprint density at radius 1 is 1.24 bits per heavy atom. The van der Waals surface area contributed by atoms with Crippen LogP contribution >= 0.6 is 0 Å². The fraction of sp³-hybridized carbons (Fsp3) is 0.632. The maximum atomic E-state index is 12.2. The molecular formula is C19H28N2O3S. The maximum absolute atomic E-state index is 12.2. The molecular weight excluding hydrogens is 336 g/mol. The molecule has 1 aliphatic carbocycles. The van der Waals surface area contributed by atoms with Gasteiger partial charge in [-0.15, -0.1) is 0 Å². The van der Waals surface area contributed by atoms with Gasteiger partial charge in [0, 0.05) is 25.2 Å². The van der Waals surface area contributed by atoms with Crippen molar-refractivity contribution in [2.75, 3.05) is 17.6 Å². The second kappa shape index (κ2) is 7.87. The van der Waals surface area contributed by atoms with E-state index in [1.165, 1.54) is 31.2 Å². The van der Waals surface area contributed by atoms with Crippen LogP contribution < -0.4 is 5.32 Å². The Morgan fingerprint density at radius 2 is 2.00 bits per heavy atom. The lowest BCUT2D eigenvalue weighted by Gasteiger charge is -2.28. The number of nitrogens with one attached hydrogen (secondary N) is 1. The van der Waals surface area contributed by atoms with Gasteiger partial charge in [-0.05, 0) is 48.9 Å². The Hall–Kier alpha value is -1.40. The van der Waals surface area contributed by atoms with Gasteiger partial charge in [0.15, 0.2) is 0 Å². The van der Waals surface area contributed by atoms with Crippen LogP contribution in [0, 0.1) is 5.92 Å². The minimum atomic E-state index is -3.17. The second-order valence-electron chi connectivity index (χ2n) is 7.20. The molecule has 1 amide bonds. The number of amides is 1. The van der Waals surface area contributed by atoms with Crippen molar-refractivity contribution in [2.45, 2.75) is 58.4 Å². The number of rotatable bonds is 6. The Labute approximate surface area is 150 Å². The number of fused-ring (bicyclic) bond motifs is 1. The van der Waals surface area contributed by atoms with Crippen molar-refractivity contribution in [1.29, 1.82) is 0 Å². The summed E-state index contributed by atoms with van der Waals surface area (Å²) >= 11 is 0. The molecule has 2 aliphatic rings. The number of carbonyl (C=O) groups is 1. The molecule has 0 aromatic heterocycles.